The van der Waals surface area contributed by atoms with E-state index in [4.69, 9.17) is 16.7 Å². The topological polar surface area (TPSA) is 68.3 Å². The molecule has 1 unspecified atom stereocenters. The molecule has 2 atom stereocenters. The molecular weight excluding hydrogens is 198 g/mol. The summed E-state index contributed by atoms with van der Waals surface area (Å²) >= 11 is 5.44. The third kappa shape index (κ3) is 2.60. The van der Waals surface area contributed by atoms with Crippen molar-refractivity contribution in [2.45, 2.75) is 24.9 Å². The van der Waals surface area contributed by atoms with Crippen molar-refractivity contribution in [2.24, 2.45) is 5.28 Å². The highest BCUT2D eigenvalue weighted by Crippen LogP contribution is 2.16. The number of halogens is 1. The summed E-state index contributed by atoms with van der Waals surface area (Å²) in [6.45, 7) is 2.22. The average molecular weight is 211 g/mol. The highest BCUT2D eigenvalue weighted by Gasteiger charge is 2.38. The zero-order chi connectivity index (χ0) is 9.84. The van der Waals surface area contributed by atoms with Crippen molar-refractivity contribution in [3.8, 4) is 0 Å². The summed E-state index contributed by atoms with van der Waals surface area (Å²) < 4.78 is 0. The Bertz CT molecular complexity index is 198. The molecule has 0 radical (unpaired) electrons. The second-order valence-corrected chi connectivity index (χ2v) is 3.40. The fourth-order valence-electron chi connectivity index (χ4n) is 1.00. The van der Waals surface area contributed by atoms with Crippen molar-refractivity contribution >= 4 is 11.6 Å². The zero-order valence-corrected chi connectivity index (χ0v) is 8.05. The van der Waals surface area contributed by atoms with Crippen LogP contribution in [0.5, 0.6) is 0 Å². The molecule has 0 aromatic heterocycles. The molecule has 1 saturated heterocycles. The second kappa shape index (κ2) is 4.48. The van der Waals surface area contributed by atoms with Gasteiger partial charge in [0.25, 0.3) is 10.2 Å². The Balaban J connectivity index is 2.38. The molecule has 6 nitrogen and oxygen atoms in total. The van der Waals surface area contributed by atoms with Gasteiger partial charge in [0.15, 0.2) is 0 Å². The van der Waals surface area contributed by atoms with Crippen molar-refractivity contribution in [3.63, 3.8) is 0 Å². The molecule has 13 heavy (non-hydrogen) atoms. The maximum absolute atomic E-state index is 9.22. The summed E-state index contributed by atoms with van der Waals surface area (Å²) in [5.41, 5.74) is -0.594. The molecule has 0 aromatic rings. The number of hydrogen-bond donors (Lipinski definition) is 2. The summed E-state index contributed by atoms with van der Waals surface area (Å²) in [4.78, 5) is 5.17. The maximum Gasteiger partial charge on any atom is 0.275 e. The third-order valence-electron chi connectivity index (χ3n) is 1.82. The van der Waals surface area contributed by atoms with E-state index in [0.29, 0.717) is 11.5 Å². The van der Waals surface area contributed by atoms with Crippen molar-refractivity contribution in [1.82, 2.24) is 5.01 Å². The van der Waals surface area contributed by atoms with Gasteiger partial charge in [-0.2, -0.15) is 0 Å². The van der Waals surface area contributed by atoms with Crippen LogP contribution in [0.2, 0.25) is 0 Å². The largest absolute Gasteiger partial charge is 0.394 e. The molecule has 0 saturated carbocycles. The minimum atomic E-state index is -0.594. The summed E-state index contributed by atoms with van der Waals surface area (Å²) in [7, 11) is 0. The smallest absolute Gasteiger partial charge is 0.275 e. The molecule has 76 valence electrons. The van der Waals surface area contributed by atoms with Crippen molar-refractivity contribution in [2.75, 3.05) is 13.2 Å². The Hall–Kier alpha value is -0.750. The number of aliphatic hydroxyl groups is 1. The summed E-state index contributed by atoms with van der Waals surface area (Å²) in [5, 5.41) is 22.8. The first-order chi connectivity index (χ1) is 6.15. The van der Waals surface area contributed by atoms with Crippen LogP contribution in [-0.2, 0) is 4.84 Å². The molecule has 7 heteroatoms. The van der Waals surface area contributed by atoms with Crippen LogP contribution in [-0.4, -0.2) is 45.0 Å². The highest BCUT2D eigenvalue weighted by atomic mass is 35.5. The summed E-state index contributed by atoms with van der Waals surface area (Å²) in [5.74, 6) is 0. The lowest BCUT2D eigenvalue weighted by Crippen LogP contribution is -2.53. The van der Waals surface area contributed by atoms with Gasteiger partial charge in [-0.1, -0.05) is 11.6 Å². The number of rotatable bonds is 4. The van der Waals surface area contributed by atoms with E-state index >= 15 is 0 Å². The Morgan fingerprint density at radius 2 is 2.54 bits per heavy atom. The normalized spacial score (nSPS) is 25.3. The number of alkyl halides is 1. The standard InChI is InChI=1S/C6H13ClN3O3/c1-5(7)13-8-10(12)9-3-2-6(9)4-11/h5-6,11H,2-4H2,1H3,(H,8,12)/q+1/t5?,6-/m0/s1. The van der Waals surface area contributed by atoms with Crippen molar-refractivity contribution in [1.29, 1.82) is 0 Å². The van der Waals surface area contributed by atoms with Gasteiger partial charge in [0, 0.05) is 0 Å². The lowest BCUT2D eigenvalue weighted by Gasteiger charge is -2.30. The summed E-state index contributed by atoms with van der Waals surface area (Å²) in [6.07, 6.45) is 0.833. The van der Waals surface area contributed by atoms with Crippen LogP contribution >= 0.6 is 11.6 Å². The van der Waals surface area contributed by atoms with Gasteiger partial charge in [-0.05, 0) is 13.3 Å². The van der Waals surface area contributed by atoms with Crippen LogP contribution in [0.1, 0.15) is 13.3 Å². The van der Waals surface area contributed by atoms with Crippen molar-refractivity contribution in [3.05, 3.63) is 0 Å². The van der Waals surface area contributed by atoms with E-state index in [0.717, 1.165) is 6.42 Å². The molecule has 2 N–H and O–H groups in total. The van der Waals surface area contributed by atoms with Crippen LogP contribution in [0.4, 0.5) is 0 Å². The zero-order valence-electron chi connectivity index (χ0n) is 7.30. The number of nitrogens with zero attached hydrogens (tertiary/aromatic N) is 3. The fraction of sp³-hybridized carbons (Fsp3) is 1.00. The second-order valence-electron chi connectivity index (χ2n) is 2.79. The molecule has 1 aliphatic heterocycles. The van der Waals surface area contributed by atoms with E-state index in [-0.39, 0.29) is 12.6 Å². The fourth-order valence-corrected chi connectivity index (χ4v) is 1.04. The molecule has 0 aliphatic carbocycles. The van der Waals surface area contributed by atoms with Crippen LogP contribution in [0.15, 0.2) is 5.28 Å². The average Bonchev–Trinajstić information content (AvgIpc) is 2.00. The molecule has 0 amide bonds. The third-order valence-corrected chi connectivity index (χ3v) is 1.90. The van der Waals surface area contributed by atoms with Gasteiger partial charge in [0.2, 0.25) is 5.56 Å². The van der Waals surface area contributed by atoms with E-state index in [1.54, 1.807) is 6.92 Å². The quantitative estimate of drug-likeness (QED) is 0.304. The Morgan fingerprint density at radius 1 is 1.85 bits per heavy atom. The summed E-state index contributed by atoms with van der Waals surface area (Å²) in [6, 6.07) is -0.0806. The maximum atomic E-state index is 9.22. The Morgan fingerprint density at radius 3 is 2.92 bits per heavy atom. The van der Waals surface area contributed by atoms with Crippen LogP contribution in [0.25, 0.3) is 0 Å². The van der Waals surface area contributed by atoms with Crippen molar-refractivity contribution < 1.29 is 20.1 Å². The molecule has 0 spiro atoms. The van der Waals surface area contributed by atoms with Gasteiger partial charge in [0.05, 0.1) is 13.2 Å². The highest BCUT2D eigenvalue weighted by molar-refractivity contribution is 6.19. The Kier molecular flexibility index (Phi) is 3.56. The van der Waals surface area contributed by atoms with Gasteiger partial charge in [-0.3, -0.25) is 0 Å². The monoisotopic (exact) mass is 210 g/mol. The van der Waals surface area contributed by atoms with E-state index in [1.165, 1.54) is 5.01 Å². The lowest BCUT2D eigenvalue weighted by molar-refractivity contribution is -0.953. The van der Waals surface area contributed by atoms with E-state index in [2.05, 4.69) is 10.1 Å². The van der Waals surface area contributed by atoms with Gasteiger partial charge in [-0.15, -0.1) is 5.01 Å². The van der Waals surface area contributed by atoms with Gasteiger partial charge >= 0.3 is 0 Å². The SMILES string of the molecule is CC(Cl)O/N=[N+](\O)N1CC[C@H]1CO. The van der Waals surface area contributed by atoms with Gasteiger partial charge in [-0.25, -0.2) is 5.21 Å². The minimum absolute atomic E-state index is 0.0109. The molecule has 0 aromatic carbocycles. The predicted molar refractivity (Wildman–Crippen MR) is 43.1 cm³/mol. The molecule has 1 fully saturated rings. The lowest BCUT2D eigenvalue weighted by atomic mass is 10.1. The minimum Gasteiger partial charge on any atom is -0.394 e. The van der Waals surface area contributed by atoms with Gasteiger partial charge < -0.3 is 9.94 Å². The predicted octanol–water partition coefficient (Wildman–Crippen LogP) is 0.338. The van der Waals surface area contributed by atoms with Gasteiger partial charge in [0.1, 0.15) is 6.04 Å². The first kappa shape index (κ1) is 10.3. The number of aliphatic hydroxyl groups excluding tert-OH is 1. The molecule has 1 heterocycles. The van der Waals surface area contributed by atoms with E-state index in [1.807, 2.05) is 0 Å². The molecule has 1 rings (SSSR count). The van der Waals surface area contributed by atoms with Crippen LogP contribution in [0.3, 0.4) is 0 Å². The molecular formula is C6H13ClN3O3+. The van der Waals surface area contributed by atoms with E-state index < -0.39 is 5.56 Å². The van der Waals surface area contributed by atoms with Crippen LogP contribution < -0.4 is 0 Å². The number of hydrazine groups is 1. The first-order valence-electron chi connectivity index (χ1n) is 4.02. The molecule has 1 aliphatic rings. The Labute approximate surface area is 80.9 Å². The van der Waals surface area contributed by atoms with Crippen LogP contribution in [0, 0.1) is 0 Å². The molecule has 0 bridgehead atoms. The first-order valence-corrected chi connectivity index (χ1v) is 4.46. The van der Waals surface area contributed by atoms with E-state index in [9.17, 15) is 5.21 Å². The number of hydrogen-bond acceptors (Lipinski definition) is 3.